The summed E-state index contributed by atoms with van der Waals surface area (Å²) in [5, 5.41) is 9.71. The Balaban J connectivity index is 2.18. The van der Waals surface area contributed by atoms with Crippen LogP contribution in [0.2, 0.25) is 5.02 Å². The Labute approximate surface area is 134 Å². The molecule has 22 heavy (non-hydrogen) atoms. The lowest BCUT2D eigenvalue weighted by molar-refractivity contribution is -0.158. The molecule has 0 aliphatic carbocycles. The Kier molecular flexibility index (Phi) is 5.29. The van der Waals surface area contributed by atoms with Crippen LogP contribution < -0.4 is 0 Å². The maximum absolute atomic E-state index is 12.5. The summed E-state index contributed by atoms with van der Waals surface area (Å²) in [6, 6.07) is 7.38. The Hall–Kier alpha value is -1.75. The van der Waals surface area contributed by atoms with Gasteiger partial charge in [-0.1, -0.05) is 23.7 Å². The number of nitrogens with zero attached hydrogens (tertiary/aromatic N) is 1. The average molecular weight is 326 g/mol. The number of benzene rings is 1. The van der Waals surface area contributed by atoms with Gasteiger partial charge in [0.25, 0.3) is 0 Å². The van der Waals surface area contributed by atoms with Crippen molar-refractivity contribution in [3.8, 4) is 0 Å². The summed E-state index contributed by atoms with van der Waals surface area (Å²) in [5.74, 6) is -0.241. The van der Waals surface area contributed by atoms with Crippen molar-refractivity contribution in [3.05, 3.63) is 34.9 Å². The fourth-order valence-electron chi connectivity index (χ4n) is 2.86. The smallest absolute Gasteiger partial charge is 0.407 e. The summed E-state index contributed by atoms with van der Waals surface area (Å²) < 4.78 is 5.25. The van der Waals surface area contributed by atoms with Crippen molar-refractivity contribution in [1.82, 2.24) is 4.90 Å². The molecular formula is C16H20ClNO4. The van der Waals surface area contributed by atoms with Crippen LogP contribution in [0.3, 0.4) is 0 Å². The number of carboxylic acid groups (broad SMARTS) is 1. The van der Waals surface area contributed by atoms with Crippen LogP contribution in [0.4, 0.5) is 4.79 Å². The van der Waals surface area contributed by atoms with E-state index in [-0.39, 0.29) is 5.97 Å². The molecule has 2 rings (SSSR count). The van der Waals surface area contributed by atoms with E-state index >= 15 is 0 Å². The van der Waals surface area contributed by atoms with Crippen molar-refractivity contribution in [2.24, 2.45) is 5.41 Å². The minimum atomic E-state index is -0.941. The maximum atomic E-state index is 12.5. The molecule has 1 amide bonds. The highest BCUT2D eigenvalue weighted by molar-refractivity contribution is 6.30. The highest BCUT2D eigenvalue weighted by Gasteiger charge is 2.43. The van der Waals surface area contributed by atoms with Gasteiger partial charge < -0.3 is 14.7 Å². The van der Waals surface area contributed by atoms with Crippen LogP contribution in [0, 0.1) is 5.41 Å². The predicted molar refractivity (Wildman–Crippen MR) is 83.1 cm³/mol. The number of hydrogen-bond acceptors (Lipinski definition) is 3. The molecule has 0 spiro atoms. The van der Waals surface area contributed by atoms with Gasteiger partial charge in [-0.15, -0.1) is 0 Å². The summed E-state index contributed by atoms with van der Waals surface area (Å²) in [7, 11) is 0. The molecule has 1 aliphatic heterocycles. The quantitative estimate of drug-likeness (QED) is 0.863. The monoisotopic (exact) mass is 325 g/mol. The first kappa shape index (κ1) is 16.6. The zero-order valence-electron chi connectivity index (χ0n) is 12.5. The van der Waals surface area contributed by atoms with E-state index in [1.54, 1.807) is 19.1 Å². The number of ether oxygens (including phenoxy) is 1. The molecular weight excluding hydrogens is 306 g/mol. The molecule has 1 aromatic carbocycles. The molecule has 0 bridgehead atoms. The van der Waals surface area contributed by atoms with E-state index < -0.39 is 11.5 Å². The SMILES string of the molecule is CCOC(=O)C1(Cc2ccc(Cl)cc2)CCN(C(=O)O)CC1. The van der Waals surface area contributed by atoms with Crippen LogP contribution in [-0.4, -0.2) is 41.8 Å². The summed E-state index contributed by atoms with van der Waals surface area (Å²) in [4.78, 5) is 24.9. The van der Waals surface area contributed by atoms with E-state index in [0.717, 1.165) is 5.56 Å². The van der Waals surface area contributed by atoms with Gasteiger partial charge >= 0.3 is 12.1 Å². The number of rotatable bonds is 4. The Morgan fingerprint density at radius 2 is 1.86 bits per heavy atom. The van der Waals surface area contributed by atoms with Gasteiger partial charge in [0.1, 0.15) is 0 Å². The van der Waals surface area contributed by atoms with Gasteiger partial charge in [0.2, 0.25) is 0 Å². The van der Waals surface area contributed by atoms with Gasteiger partial charge in [-0.3, -0.25) is 4.79 Å². The molecule has 0 aromatic heterocycles. The molecule has 5 nitrogen and oxygen atoms in total. The Morgan fingerprint density at radius 1 is 1.27 bits per heavy atom. The predicted octanol–water partition coefficient (Wildman–Crippen LogP) is 3.21. The molecule has 1 N–H and O–H groups in total. The van der Waals surface area contributed by atoms with Crippen molar-refractivity contribution >= 4 is 23.7 Å². The molecule has 1 aliphatic rings. The summed E-state index contributed by atoms with van der Waals surface area (Å²) in [6.45, 7) is 2.80. The second-order valence-corrected chi connectivity index (χ2v) is 6.01. The van der Waals surface area contributed by atoms with Gasteiger partial charge in [0.05, 0.1) is 12.0 Å². The number of piperidine rings is 1. The summed E-state index contributed by atoms with van der Waals surface area (Å²) in [5.41, 5.74) is 0.344. The third kappa shape index (κ3) is 3.71. The highest BCUT2D eigenvalue weighted by atomic mass is 35.5. The number of esters is 1. The maximum Gasteiger partial charge on any atom is 0.407 e. The topological polar surface area (TPSA) is 66.8 Å². The average Bonchev–Trinajstić information content (AvgIpc) is 2.50. The van der Waals surface area contributed by atoms with E-state index in [1.807, 2.05) is 12.1 Å². The van der Waals surface area contributed by atoms with Crippen LogP contribution in [-0.2, 0) is 16.0 Å². The lowest BCUT2D eigenvalue weighted by atomic mass is 9.74. The van der Waals surface area contributed by atoms with Gasteiger partial charge in [-0.2, -0.15) is 0 Å². The van der Waals surface area contributed by atoms with Crippen LogP contribution in [0.5, 0.6) is 0 Å². The molecule has 0 atom stereocenters. The third-order valence-corrected chi connectivity index (χ3v) is 4.41. The second-order valence-electron chi connectivity index (χ2n) is 5.57. The minimum absolute atomic E-state index is 0.241. The van der Waals surface area contributed by atoms with Gasteiger partial charge in [-0.25, -0.2) is 4.79 Å². The highest BCUT2D eigenvalue weighted by Crippen LogP contribution is 2.37. The van der Waals surface area contributed by atoms with E-state index in [9.17, 15) is 9.59 Å². The normalized spacial score (nSPS) is 17.1. The van der Waals surface area contributed by atoms with Crippen molar-refractivity contribution in [1.29, 1.82) is 0 Å². The first-order chi connectivity index (χ1) is 10.5. The van der Waals surface area contributed by atoms with Gasteiger partial charge in [0, 0.05) is 18.1 Å². The van der Waals surface area contributed by atoms with Crippen LogP contribution in [0.25, 0.3) is 0 Å². The molecule has 6 heteroatoms. The Morgan fingerprint density at radius 3 is 2.36 bits per heavy atom. The van der Waals surface area contributed by atoms with Crippen molar-refractivity contribution in [3.63, 3.8) is 0 Å². The molecule has 1 fully saturated rings. The fourth-order valence-corrected chi connectivity index (χ4v) is 2.98. The minimum Gasteiger partial charge on any atom is -0.466 e. The van der Waals surface area contributed by atoms with Crippen molar-refractivity contribution < 1.29 is 19.4 Å². The van der Waals surface area contributed by atoms with E-state index in [1.165, 1.54) is 4.90 Å². The zero-order valence-corrected chi connectivity index (χ0v) is 13.3. The van der Waals surface area contributed by atoms with Crippen LogP contribution in [0.1, 0.15) is 25.3 Å². The lowest BCUT2D eigenvalue weighted by Crippen LogP contribution is -2.47. The van der Waals surface area contributed by atoms with Crippen LogP contribution >= 0.6 is 11.6 Å². The van der Waals surface area contributed by atoms with E-state index in [4.69, 9.17) is 21.4 Å². The number of halogens is 1. The van der Waals surface area contributed by atoms with Gasteiger partial charge in [0.15, 0.2) is 0 Å². The first-order valence-corrected chi connectivity index (χ1v) is 7.74. The number of amides is 1. The summed E-state index contributed by atoms with van der Waals surface area (Å²) in [6.07, 6.45) is 0.543. The zero-order chi connectivity index (χ0) is 16.2. The number of carbonyl (C=O) groups is 2. The molecule has 1 aromatic rings. The molecule has 1 heterocycles. The fraction of sp³-hybridized carbons (Fsp3) is 0.500. The standard InChI is InChI=1S/C16H20ClNO4/c1-2-22-14(19)16(7-9-18(10-8-16)15(20)21)11-12-3-5-13(17)6-4-12/h3-6H,2,7-11H2,1H3,(H,20,21). The Bertz CT molecular complexity index is 536. The number of carbonyl (C=O) groups excluding carboxylic acids is 1. The molecule has 1 saturated heterocycles. The first-order valence-electron chi connectivity index (χ1n) is 7.36. The van der Waals surface area contributed by atoms with E-state index in [2.05, 4.69) is 0 Å². The third-order valence-electron chi connectivity index (χ3n) is 4.16. The van der Waals surface area contributed by atoms with Crippen LogP contribution in [0.15, 0.2) is 24.3 Å². The molecule has 0 unspecified atom stereocenters. The lowest BCUT2D eigenvalue weighted by Gasteiger charge is -2.39. The number of likely N-dealkylation sites (tertiary alicyclic amines) is 1. The molecule has 0 radical (unpaired) electrons. The molecule has 120 valence electrons. The van der Waals surface area contributed by atoms with Gasteiger partial charge in [-0.05, 0) is 43.9 Å². The summed E-state index contributed by atoms with van der Waals surface area (Å²) >= 11 is 5.89. The second kappa shape index (κ2) is 7.01. The van der Waals surface area contributed by atoms with Crippen molar-refractivity contribution in [2.45, 2.75) is 26.2 Å². The largest absolute Gasteiger partial charge is 0.466 e. The number of hydrogen-bond donors (Lipinski definition) is 1. The van der Waals surface area contributed by atoms with E-state index in [0.29, 0.717) is 44.0 Å². The molecule has 0 saturated carbocycles. The van der Waals surface area contributed by atoms with Crippen molar-refractivity contribution in [2.75, 3.05) is 19.7 Å².